The monoisotopic (exact) mass is 234 g/mol. The summed E-state index contributed by atoms with van der Waals surface area (Å²) in [5.41, 5.74) is 2.61. The SMILES string of the molecule is CCc1nn(C)cc1N1CCN2CCCC2C1. The molecule has 1 atom stereocenters. The van der Waals surface area contributed by atoms with Gasteiger partial charge in [0.2, 0.25) is 0 Å². The maximum absolute atomic E-state index is 4.55. The van der Waals surface area contributed by atoms with Crippen molar-refractivity contribution in [2.75, 3.05) is 31.1 Å². The highest BCUT2D eigenvalue weighted by atomic mass is 15.3. The normalized spacial score (nSPS) is 25.3. The minimum atomic E-state index is 0.786. The van der Waals surface area contributed by atoms with Crippen LogP contribution in [-0.2, 0) is 13.5 Å². The number of fused-ring (bicyclic) bond motifs is 1. The predicted octanol–water partition coefficient (Wildman–Crippen LogP) is 1.27. The van der Waals surface area contributed by atoms with E-state index in [2.05, 4.69) is 28.0 Å². The highest BCUT2D eigenvalue weighted by Gasteiger charge is 2.31. The molecule has 0 bridgehead atoms. The second kappa shape index (κ2) is 4.33. The van der Waals surface area contributed by atoms with E-state index in [1.54, 1.807) is 0 Å². The van der Waals surface area contributed by atoms with Crippen LogP contribution in [0.25, 0.3) is 0 Å². The summed E-state index contributed by atoms with van der Waals surface area (Å²) >= 11 is 0. The second-order valence-electron chi connectivity index (χ2n) is 5.27. The molecule has 17 heavy (non-hydrogen) atoms. The van der Waals surface area contributed by atoms with Crippen molar-refractivity contribution in [1.29, 1.82) is 0 Å². The topological polar surface area (TPSA) is 24.3 Å². The number of aryl methyl sites for hydroxylation is 2. The maximum Gasteiger partial charge on any atom is 0.0855 e. The van der Waals surface area contributed by atoms with Gasteiger partial charge in [-0.3, -0.25) is 9.58 Å². The lowest BCUT2D eigenvalue weighted by Crippen LogP contribution is -2.50. The van der Waals surface area contributed by atoms with Gasteiger partial charge in [0.1, 0.15) is 0 Å². The Kier molecular flexibility index (Phi) is 2.82. The third kappa shape index (κ3) is 1.95. The molecule has 3 heterocycles. The molecular weight excluding hydrogens is 212 g/mol. The van der Waals surface area contributed by atoms with Crippen molar-refractivity contribution < 1.29 is 0 Å². The molecule has 0 spiro atoms. The smallest absolute Gasteiger partial charge is 0.0855 e. The van der Waals surface area contributed by atoms with E-state index in [-0.39, 0.29) is 0 Å². The standard InChI is InChI=1S/C13H22N4/c1-3-12-13(10-15(2)14-12)17-8-7-16-6-4-5-11(16)9-17/h10-11H,3-9H2,1-2H3. The lowest BCUT2D eigenvalue weighted by Gasteiger charge is -2.38. The molecular formula is C13H22N4. The average molecular weight is 234 g/mol. The van der Waals surface area contributed by atoms with E-state index in [1.165, 1.54) is 43.9 Å². The van der Waals surface area contributed by atoms with Crippen molar-refractivity contribution in [3.05, 3.63) is 11.9 Å². The molecule has 3 rings (SSSR count). The number of anilines is 1. The van der Waals surface area contributed by atoms with E-state index < -0.39 is 0 Å². The number of hydrogen-bond donors (Lipinski definition) is 0. The van der Waals surface area contributed by atoms with Gasteiger partial charge in [0.25, 0.3) is 0 Å². The van der Waals surface area contributed by atoms with Crippen LogP contribution in [0.3, 0.4) is 0 Å². The Bertz CT molecular complexity index is 398. The molecule has 2 aliphatic rings. The number of piperazine rings is 1. The van der Waals surface area contributed by atoms with Gasteiger partial charge in [-0.2, -0.15) is 5.10 Å². The average Bonchev–Trinajstić information content (AvgIpc) is 2.93. The highest BCUT2D eigenvalue weighted by molar-refractivity contribution is 5.50. The van der Waals surface area contributed by atoms with Crippen LogP contribution in [-0.4, -0.2) is 46.9 Å². The van der Waals surface area contributed by atoms with Crippen molar-refractivity contribution >= 4 is 5.69 Å². The van der Waals surface area contributed by atoms with Crippen molar-refractivity contribution in [3.63, 3.8) is 0 Å². The molecule has 2 aliphatic heterocycles. The first kappa shape index (κ1) is 11.1. The number of hydrogen-bond acceptors (Lipinski definition) is 3. The van der Waals surface area contributed by atoms with Gasteiger partial charge in [0.05, 0.1) is 11.4 Å². The summed E-state index contributed by atoms with van der Waals surface area (Å²) in [7, 11) is 2.02. The van der Waals surface area contributed by atoms with Gasteiger partial charge in [-0.05, 0) is 25.8 Å². The molecule has 0 saturated carbocycles. The first-order valence-electron chi connectivity index (χ1n) is 6.79. The fraction of sp³-hybridized carbons (Fsp3) is 0.769. The molecule has 1 aromatic heterocycles. The molecule has 94 valence electrons. The van der Waals surface area contributed by atoms with Crippen LogP contribution in [0.2, 0.25) is 0 Å². The lowest BCUT2D eigenvalue weighted by molar-refractivity contribution is 0.231. The minimum absolute atomic E-state index is 0.786. The largest absolute Gasteiger partial charge is 0.366 e. The summed E-state index contributed by atoms with van der Waals surface area (Å²) in [5.74, 6) is 0. The fourth-order valence-electron chi connectivity index (χ4n) is 3.25. The summed E-state index contributed by atoms with van der Waals surface area (Å²) in [6, 6.07) is 0.786. The minimum Gasteiger partial charge on any atom is -0.366 e. The van der Waals surface area contributed by atoms with Gasteiger partial charge < -0.3 is 4.90 Å². The van der Waals surface area contributed by atoms with E-state index >= 15 is 0 Å². The van der Waals surface area contributed by atoms with Crippen molar-refractivity contribution in [3.8, 4) is 0 Å². The van der Waals surface area contributed by atoms with Gasteiger partial charge >= 0.3 is 0 Å². The van der Waals surface area contributed by atoms with Crippen molar-refractivity contribution in [1.82, 2.24) is 14.7 Å². The molecule has 0 radical (unpaired) electrons. The van der Waals surface area contributed by atoms with Crippen LogP contribution >= 0.6 is 0 Å². The third-order valence-corrected chi connectivity index (χ3v) is 4.15. The summed E-state index contributed by atoms with van der Waals surface area (Å²) in [6.07, 6.45) is 5.97. The Hall–Kier alpha value is -1.03. The van der Waals surface area contributed by atoms with Gasteiger partial charge in [-0.15, -0.1) is 0 Å². The summed E-state index contributed by atoms with van der Waals surface area (Å²) in [5, 5.41) is 4.55. The van der Waals surface area contributed by atoms with Gasteiger partial charge in [-0.25, -0.2) is 0 Å². The summed E-state index contributed by atoms with van der Waals surface area (Å²) < 4.78 is 1.95. The number of nitrogens with zero attached hydrogens (tertiary/aromatic N) is 4. The molecule has 0 aliphatic carbocycles. The van der Waals surface area contributed by atoms with Gasteiger partial charge in [0.15, 0.2) is 0 Å². The first-order chi connectivity index (χ1) is 8.28. The van der Waals surface area contributed by atoms with Crippen LogP contribution in [0.4, 0.5) is 5.69 Å². The number of rotatable bonds is 2. The summed E-state index contributed by atoms with van der Waals surface area (Å²) in [4.78, 5) is 5.19. The Balaban J connectivity index is 1.79. The molecule has 0 N–H and O–H groups in total. The predicted molar refractivity (Wildman–Crippen MR) is 69.4 cm³/mol. The van der Waals surface area contributed by atoms with Crippen LogP contribution in [0.1, 0.15) is 25.5 Å². The fourth-order valence-corrected chi connectivity index (χ4v) is 3.25. The van der Waals surface area contributed by atoms with Crippen LogP contribution in [0.5, 0.6) is 0 Å². The molecule has 0 aromatic carbocycles. The molecule has 0 amide bonds. The Morgan fingerprint density at radius 3 is 3.06 bits per heavy atom. The highest BCUT2D eigenvalue weighted by Crippen LogP contribution is 2.27. The quantitative estimate of drug-likeness (QED) is 0.770. The van der Waals surface area contributed by atoms with Crippen molar-refractivity contribution in [2.45, 2.75) is 32.2 Å². The number of aromatic nitrogens is 2. The van der Waals surface area contributed by atoms with Crippen molar-refractivity contribution in [2.24, 2.45) is 7.05 Å². The van der Waals surface area contributed by atoms with E-state index in [4.69, 9.17) is 0 Å². The van der Waals surface area contributed by atoms with E-state index in [0.717, 1.165) is 19.0 Å². The maximum atomic E-state index is 4.55. The Morgan fingerprint density at radius 2 is 2.24 bits per heavy atom. The van der Waals surface area contributed by atoms with Crippen LogP contribution < -0.4 is 4.90 Å². The first-order valence-corrected chi connectivity index (χ1v) is 6.79. The third-order valence-electron chi connectivity index (χ3n) is 4.15. The molecule has 1 aromatic rings. The van der Waals surface area contributed by atoms with Gasteiger partial charge in [-0.1, -0.05) is 6.92 Å². The van der Waals surface area contributed by atoms with Gasteiger partial charge in [0, 0.05) is 38.9 Å². The molecule has 1 unspecified atom stereocenters. The van der Waals surface area contributed by atoms with Crippen LogP contribution in [0, 0.1) is 0 Å². The second-order valence-corrected chi connectivity index (χ2v) is 5.27. The lowest BCUT2D eigenvalue weighted by atomic mass is 10.1. The Morgan fingerprint density at radius 1 is 1.35 bits per heavy atom. The Labute approximate surface area is 103 Å². The zero-order chi connectivity index (χ0) is 11.8. The zero-order valence-corrected chi connectivity index (χ0v) is 10.9. The molecule has 2 saturated heterocycles. The summed E-state index contributed by atoms with van der Waals surface area (Å²) in [6.45, 7) is 7.08. The van der Waals surface area contributed by atoms with Crippen LogP contribution in [0.15, 0.2) is 6.20 Å². The zero-order valence-electron chi connectivity index (χ0n) is 10.9. The molecule has 4 nitrogen and oxygen atoms in total. The molecule has 2 fully saturated rings. The van der Waals surface area contributed by atoms with E-state index in [0.29, 0.717) is 0 Å². The molecule has 4 heteroatoms. The van der Waals surface area contributed by atoms with E-state index in [9.17, 15) is 0 Å². The van der Waals surface area contributed by atoms with E-state index in [1.807, 2.05) is 11.7 Å².